The number of carbonyl (C=O) groups excluding carboxylic acids is 1. The minimum absolute atomic E-state index is 0.185. The van der Waals surface area contributed by atoms with E-state index in [0.29, 0.717) is 0 Å². The van der Waals surface area contributed by atoms with Gasteiger partial charge in [-0.05, 0) is 18.8 Å². The van der Waals surface area contributed by atoms with Crippen molar-refractivity contribution in [2.45, 2.75) is 12.8 Å². The van der Waals surface area contributed by atoms with Crippen LogP contribution in [-0.2, 0) is 0 Å². The molecule has 0 spiro atoms. The summed E-state index contributed by atoms with van der Waals surface area (Å²) in [4.78, 5) is 11.2. The van der Waals surface area contributed by atoms with E-state index in [1.165, 1.54) is 6.42 Å². The van der Waals surface area contributed by atoms with Crippen molar-refractivity contribution in [1.82, 2.24) is 15.4 Å². The molecule has 12 heavy (non-hydrogen) atoms. The summed E-state index contributed by atoms with van der Waals surface area (Å²) in [6.07, 6.45) is 2.33. The van der Waals surface area contributed by atoms with Gasteiger partial charge in [-0.3, -0.25) is 10.4 Å². The maximum Gasteiger partial charge on any atom is 0.346 e. The Morgan fingerprint density at radius 3 is 2.92 bits per heavy atom. The number of urea groups is 1. The fourth-order valence-corrected chi connectivity index (χ4v) is 2.02. The zero-order valence-electron chi connectivity index (χ0n) is 6.99. The highest BCUT2D eigenvalue weighted by atomic mass is 16.2. The van der Waals surface area contributed by atoms with E-state index in [0.717, 1.165) is 32.0 Å². The first kappa shape index (κ1) is 7.82. The van der Waals surface area contributed by atoms with Gasteiger partial charge in [0.15, 0.2) is 0 Å². The molecular weight excluding hydrogens is 156 g/mol. The molecule has 2 aliphatic heterocycles. The Balaban J connectivity index is 2.02. The summed E-state index contributed by atoms with van der Waals surface area (Å²) in [5.74, 6) is 5.86. The first-order valence-corrected chi connectivity index (χ1v) is 4.34. The predicted molar refractivity (Wildman–Crippen MR) is 43.7 cm³/mol. The average Bonchev–Trinajstić information content (AvgIpc) is 2.47. The van der Waals surface area contributed by atoms with Crippen molar-refractivity contribution in [3.8, 4) is 0 Å². The summed E-state index contributed by atoms with van der Waals surface area (Å²) in [6.45, 7) is 2.83. The van der Waals surface area contributed by atoms with E-state index in [1.54, 1.807) is 5.01 Å². The first-order chi connectivity index (χ1) is 5.81. The highest BCUT2D eigenvalue weighted by Gasteiger charge is 2.34. The maximum absolute atomic E-state index is 11.2. The molecule has 5 nitrogen and oxygen atoms in total. The van der Waals surface area contributed by atoms with Crippen LogP contribution in [0.25, 0.3) is 0 Å². The van der Waals surface area contributed by atoms with E-state index in [1.807, 2.05) is 0 Å². The Labute approximate surface area is 71.4 Å². The lowest BCUT2D eigenvalue weighted by Gasteiger charge is -2.34. The van der Waals surface area contributed by atoms with Crippen LogP contribution >= 0.6 is 0 Å². The van der Waals surface area contributed by atoms with E-state index in [9.17, 15) is 4.79 Å². The van der Waals surface area contributed by atoms with Crippen molar-refractivity contribution < 1.29 is 4.79 Å². The van der Waals surface area contributed by atoms with Crippen molar-refractivity contribution in [3.05, 3.63) is 0 Å². The third-order valence-corrected chi connectivity index (χ3v) is 2.71. The molecule has 5 heteroatoms. The quantitative estimate of drug-likeness (QED) is 0.293. The molecule has 2 atom stereocenters. The Bertz CT molecular complexity index is 196. The number of rotatable bonds is 0. The van der Waals surface area contributed by atoms with Gasteiger partial charge in [0, 0.05) is 19.6 Å². The number of nitrogens with zero attached hydrogens (tertiary/aromatic N) is 2. The lowest BCUT2D eigenvalue weighted by molar-refractivity contribution is 0.0103. The molecule has 68 valence electrons. The molecule has 3 N–H and O–H groups in total. The number of hydrazine groups is 2. The molecule has 0 radical (unpaired) electrons. The van der Waals surface area contributed by atoms with Crippen molar-refractivity contribution in [3.63, 3.8) is 0 Å². The fourth-order valence-electron chi connectivity index (χ4n) is 2.02. The lowest BCUT2D eigenvalue weighted by Crippen LogP contribution is -2.54. The molecule has 2 heterocycles. The van der Waals surface area contributed by atoms with Crippen LogP contribution in [0.4, 0.5) is 4.79 Å². The van der Waals surface area contributed by atoms with Gasteiger partial charge in [0.1, 0.15) is 0 Å². The Hall–Kier alpha value is -0.810. The number of fused-ring (bicyclic) bond motifs is 2. The molecule has 2 aliphatic rings. The molecular formula is C7H14N4O. The number of amides is 2. The zero-order valence-corrected chi connectivity index (χ0v) is 6.99. The monoisotopic (exact) mass is 170 g/mol. The van der Waals surface area contributed by atoms with E-state index in [4.69, 9.17) is 5.84 Å². The number of nitrogens with two attached hydrogens (primary N) is 1. The molecule has 2 fully saturated rings. The van der Waals surface area contributed by atoms with Gasteiger partial charge < -0.3 is 0 Å². The van der Waals surface area contributed by atoms with E-state index in [-0.39, 0.29) is 6.03 Å². The van der Waals surface area contributed by atoms with Crippen LogP contribution < -0.4 is 11.3 Å². The largest absolute Gasteiger partial charge is 0.346 e. The Morgan fingerprint density at radius 1 is 1.42 bits per heavy atom. The molecule has 2 amide bonds. The summed E-state index contributed by atoms with van der Waals surface area (Å²) < 4.78 is 0. The van der Waals surface area contributed by atoms with Crippen molar-refractivity contribution in [2.75, 3.05) is 19.6 Å². The molecule has 0 aromatic heterocycles. The van der Waals surface area contributed by atoms with Gasteiger partial charge >= 0.3 is 6.03 Å². The maximum atomic E-state index is 11.2. The molecule has 0 aromatic carbocycles. The number of carbonyl (C=O) groups is 1. The third-order valence-electron chi connectivity index (χ3n) is 2.71. The minimum Gasteiger partial charge on any atom is -0.275 e. The van der Waals surface area contributed by atoms with Crippen LogP contribution in [-0.4, -0.2) is 35.7 Å². The summed E-state index contributed by atoms with van der Waals surface area (Å²) in [6, 6.07) is -0.185. The Kier molecular flexibility index (Phi) is 1.90. The van der Waals surface area contributed by atoms with Crippen LogP contribution in [0.5, 0.6) is 0 Å². The second kappa shape index (κ2) is 2.91. The molecule has 2 rings (SSSR count). The zero-order chi connectivity index (χ0) is 8.55. The highest BCUT2D eigenvalue weighted by Crippen LogP contribution is 2.26. The number of nitrogens with one attached hydrogen (secondary N) is 1. The molecule has 0 aliphatic carbocycles. The van der Waals surface area contributed by atoms with Gasteiger partial charge in [0.2, 0.25) is 0 Å². The summed E-state index contributed by atoms with van der Waals surface area (Å²) in [5.41, 5.74) is 2.16. The topological polar surface area (TPSA) is 61.6 Å². The number of hydrogen-bond donors (Lipinski definition) is 2. The predicted octanol–water partition coefficient (Wildman–Crippen LogP) is -0.488. The average molecular weight is 170 g/mol. The summed E-state index contributed by atoms with van der Waals surface area (Å²) in [7, 11) is 0. The highest BCUT2D eigenvalue weighted by molar-refractivity contribution is 5.73. The molecule has 2 unspecified atom stereocenters. The fraction of sp³-hybridized carbons (Fsp3) is 0.857. The van der Waals surface area contributed by atoms with Crippen LogP contribution in [0.3, 0.4) is 0 Å². The number of hydrogen-bond acceptors (Lipinski definition) is 3. The van der Waals surface area contributed by atoms with E-state index in [2.05, 4.69) is 10.4 Å². The smallest absolute Gasteiger partial charge is 0.275 e. The van der Waals surface area contributed by atoms with Crippen LogP contribution in [0.15, 0.2) is 0 Å². The van der Waals surface area contributed by atoms with Crippen molar-refractivity contribution >= 4 is 6.03 Å². The second-order valence-corrected chi connectivity index (χ2v) is 3.43. The van der Waals surface area contributed by atoms with E-state index < -0.39 is 0 Å². The standard InChI is InChI=1S/C7H14N4O/c8-9-7(12)11-4-2-6-1-3-10(11)5-6/h6H,1-5,8H2,(H,9,12). The van der Waals surface area contributed by atoms with Gasteiger partial charge in [-0.2, -0.15) is 0 Å². The van der Waals surface area contributed by atoms with Crippen LogP contribution in [0, 0.1) is 5.92 Å². The van der Waals surface area contributed by atoms with Gasteiger partial charge in [-0.1, -0.05) is 0 Å². The van der Waals surface area contributed by atoms with Gasteiger partial charge in [-0.25, -0.2) is 15.6 Å². The normalized spacial score (nSPS) is 33.6. The summed E-state index contributed by atoms with van der Waals surface area (Å²) >= 11 is 0. The molecule has 2 saturated heterocycles. The minimum atomic E-state index is -0.185. The van der Waals surface area contributed by atoms with Crippen molar-refractivity contribution in [2.24, 2.45) is 11.8 Å². The van der Waals surface area contributed by atoms with E-state index >= 15 is 0 Å². The first-order valence-electron chi connectivity index (χ1n) is 4.34. The third kappa shape index (κ3) is 1.15. The molecule has 2 bridgehead atoms. The second-order valence-electron chi connectivity index (χ2n) is 3.43. The lowest BCUT2D eigenvalue weighted by atomic mass is 10.0. The Morgan fingerprint density at radius 2 is 2.17 bits per heavy atom. The van der Waals surface area contributed by atoms with Gasteiger partial charge in [-0.15, -0.1) is 0 Å². The van der Waals surface area contributed by atoms with Crippen molar-refractivity contribution in [1.29, 1.82) is 0 Å². The molecule has 0 aromatic rings. The summed E-state index contributed by atoms with van der Waals surface area (Å²) in [5, 5.41) is 3.79. The van der Waals surface area contributed by atoms with Gasteiger partial charge in [0.05, 0.1) is 0 Å². The molecule has 0 saturated carbocycles. The SMILES string of the molecule is NNC(=O)N1CCC2CCN1C2. The van der Waals surface area contributed by atoms with Crippen LogP contribution in [0.2, 0.25) is 0 Å². The van der Waals surface area contributed by atoms with Gasteiger partial charge in [0.25, 0.3) is 0 Å². The van der Waals surface area contributed by atoms with Crippen LogP contribution in [0.1, 0.15) is 12.8 Å².